The molecule has 0 aliphatic carbocycles. The predicted molar refractivity (Wildman–Crippen MR) is 110 cm³/mol. The Hall–Kier alpha value is -4.16. The summed E-state index contributed by atoms with van der Waals surface area (Å²) in [5.41, 5.74) is -1.07. The molecule has 0 bridgehead atoms. The number of hydrogen-bond donors (Lipinski definition) is 2. The molecule has 2 aromatic carbocycles. The second kappa shape index (κ2) is 8.48. The van der Waals surface area contributed by atoms with Gasteiger partial charge in [0, 0.05) is 31.8 Å². The summed E-state index contributed by atoms with van der Waals surface area (Å²) in [6.45, 7) is -5.64. The molecule has 2 N–H and O–H groups in total. The zero-order chi connectivity index (χ0) is 28.4. The number of aromatic nitrogens is 2. The number of nitrogens with one attached hydrogen (secondary N) is 2. The van der Waals surface area contributed by atoms with Gasteiger partial charge in [-0.1, -0.05) is 0 Å². The highest BCUT2D eigenvalue weighted by molar-refractivity contribution is 5.69. The van der Waals surface area contributed by atoms with Crippen molar-refractivity contribution in [1.29, 1.82) is 10.5 Å². The summed E-state index contributed by atoms with van der Waals surface area (Å²) in [7, 11) is 0. The molecule has 0 saturated carbocycles. The minimum absolute atomic E-state index is 0.0824. The quantitative estimate of drug-likeness (QED) is 0.609. The van der Waals surface area contributed by atoms with Gasteiger partial charge < -0.3 is 10.6 Å². The van der Waals surface area contributed by atoms with Gasteiger partial charge in [0.25, 0.3) is 0 Å². The van der Waals surface area contributed by atoms with Gasteiger partial charge in [-0.2, -0.15) is 15.5 Å². The summed E-state index contributed by atoms with van der Waals surface area (Å²) in [6.07, 6.45) is 1.71. The van der Waals surface area contributed by atoms with Crippen molar-refractivity contribution in [3.63, 3.8) is 0 Å². The van der Waals surface area contributed by atoms with Crippen LogP contribution in [0.4, 0.5) is 23.1 Å². The Morgan fingerprint density at radius 2 is 1.86 bits per heavy atom. The number of rotatable bonds is 5. The third-order valence-corrected chi connectivity index (χ3v) is 3.42. The lowest BCUT2D eigenvalue weighted by atomic mass is 10.0. The molecular weight excluding hydrogens is 348 g/mol. The highest BCUT2D eigenvalue weighted by Crippen LogP contribution is 2.26. The molecule has 0 atom stereocenters. The van der Waals surface area contributed by atoms with E-state index in [2.05, 4.69) is 20.6 Å². The van der Waals surface area contributed by atoms with Crippen LogP contribution >= 0.6 is 0 Å². The molecule has 6 nitrogen and oxygen atoms in total. The smallest absolute Gasteiger partial charge is 0.229 e. The monoisotopic (exact) mass is 376 g/mol. The normalized spacial score (nSPS) is 16.4. The summed E-state index contributed by atoms with van der Waals surface area (Å²) in [5, 5.41) is 23.0. The maximum absolute atomic E-state index is 9.02. The van der Waals surface area contributed by atoms with E-state index in [1.54, 1.807) is 6.07 Å². The average molecular weight is 376 g/mol. The number of aryl methyl sites for hydroxylation is 2. The molecule has 3 aromatic rings. The van der Waals surface area contributed by atoms with Crippen LogP contribution in [0.3, 0.4) is 0 Å². The fraction of sp³-hybridized carbons (Fsp3) is 0.0909. The molecule has 1 aromatic heterocycles. The molecule has 0 saturated heterocycles. The van der Waals surface area contributed by atoms with E-state index in [0.717, 1.165) is 6.08 Å². The lowest BCUT2D eigenvalue weighted by Crippen LogP contribution is -2.02. The predicted octanol–water partition coefficient (Wildman–Crippen LogP) is 4.99. The van der Waals surface area contributed by atoms with Gasteiger partial charge in [0.2, 0.25) is 5.95 Å². The van der Waals surface area contributed by atoms with Gasteiger partial charge in [0.1, 0.15) is 5.82 Å². The zero-order valence-electron chi connectivity index (χ0n) is 24.3. The third-order valence-electron chi connectivity index (χ3n) is 3.42. The Labute approximate surface area is 177 Å². The third kappa shape index (κ3) is 4.51. The molecular formula is C22H18N6. The maximum atomic E-state index is 9.02. The molecule has 136 valence electrons. The van der Waals surface area contributed by atoms with Crippen molar-refractivity contribution >= 4 is 29.2 Å². The summed E-state index contributed by atoms with van der Waals surface area (Å²) in [4.78, 5) is 7.88. The van der Waals surface area contributed by atoms with Crippen molar-refractivity contribution < 1.29 is 13.7 Å². The van der Waals surface area contributed by atoms with Crippen molar-refractivity contribution in [2.75, 3.05) is 10.6 Å². The Morgan fingerprint density at radius 1 is 1.11 bits per heavy atom. The van der Waals surface area contributed by atoms with Crippen molar-refractivity contribution in [2.45, 2.75) is 13.7 Å². The first-order valence-corrected chi connectivity index (χ1v) is 7.81. The van der Waals surface area contributed by atoms with Crippen LogP contribution in [-0.2, 0) is 0 Å². The summed E-state index contributed by atoms with van der Waals surface area (Å²) in [6, 6.07) is 7.30. The molecule has 6 heteroatoms. The molecule has 28 heavy (non-hydrogen) atoms. The van der Waals surface area contributed by atoms with Crippen molar-refractivity contribution in [2.24, 2.45) is 0 Å². The molecule has 3 rings (SSSR count). The number of hydrogen-bond acceptors (Lipinski definition) is 6. The molecule has 1 heterocycles. The Morgan fingerprint density at radius 3 is 2.50 bits per heavy atom. The highest BCUT2D eigenvalue weighted by atomic mass is 15.1. The van der Waals surface area contributed by atoms with E-state index >= 15 is 0 Å². The van der Waals surface area contributed by atoms with Crippen LogP contribution in [0.5, 0.6) is 0 Å². The number of nitriles is 2. The fourth-order valence-electron chi connectivity index (χ4n) is 2.19. The second-order valence-electron chi connectivity index (χ2n) is 5.36. The van der Waals surface area contributed by atoms with Crippen LogP contribution in [-0.4, -0.2) is 9.97 Å². The van der Waals surface area contributed by atoms with Gasteiger partial charge >= 0.3 is 0 Å². The molecule has 0 unspecified atom stereocenters. The van der Waals surface area contributed by atoms with E-state index in [0.29, 0.717) is 0 Å². The number of benzene rings is 2. The summed E-state index contributed by atoms with van der Waals surface area (Å²) >= 11 is 0. The van der Waals surface area contributed by atoms with E-state index in [4.69, 9.17) is 24.2 Å². The Bertz CT molecular complexity index is 1460. The van der Waals surface area contributed by atoms with Gasteiger partial charge in [-0.15, -0.1) is 0 Å². The largest absolute Gasteiger partial charge is 0.340 e. The summed E-state index contributed by atoms with van der Waals surface area (Å²) < 4.78 is 80.1. The van der Waals surface area contributed by atoms with Crippen molar-refractivity contribution in [3.8, 4) is 12.1 Å². The van der Waals surface area contributed by atoms with Crippen molar-refractivity contribution in [3.05, 3.63) is 76.9 Å². The first kappa shape index (κ1) is 9.68. The summed E-state index contributed by atoms with van der Waals surface area (Å²) in [5.74, 6) is -0.741. The van der Waals surface area contributed by atoms with E-state index in [1.165, 1.54) is 30.3 Å². The van der Waals surface area contributed by atoms with Gasteiger partial charge in [0.15, 0.2) is 0 Å². The standard InChI is InChI=1S/C22H18N6/c1-15-12-18(4-3-10-23)13-16(2)21(15)27-20-9-11-25-22(28-20)26-19-7-5-17(14-24)6-8-19/h3-9,11-13H,1-2H3,(H2,25,26,27,28)/b4-3+/i1D3,2D3,7D,8D,9D,11D. The zero-order valence-corrected chi connectivity index (χ0v) is 14.3. The lowest BCUT2D eigenvalue weighted by Gasteiger charge is -2.14. The SMILES string of the molecule is [2H]c1cc(C#N)cc([2H])c1Nc1nc([2H])c([2H])c(Nc2c(C([2H])([2H])[2H])cc(/C=C/C#N)cc2C([2H])([2H])[2H])n1. The first-order valence-electron chi connectivity index (χ1n) is 12.8. The van der Waals surface area contributed by atoms with Crippen LogP contribution in [0.1, 0.15) is 36.0 Å². The maximum Gasteiger partial charge on any atom is 0.229 e. The molecule has 0 aliphatic rings. The number of allylic oxidation sites excluding steroid dienone is 1. The van der Waals surface area contributed by atoms with E-state index < -0.39 is 42.9 Å². The molecule has 0 spiro atoms. The van der Waals surface area contributed by atoms with E-state index in [1.807, 2.05) is 6.07 Å². The van der Waals surface area contributed by atoms with Crippen molar-refractivity contribution in [1.82, 2.24) is 9.97 Å². The highest BCUT2D eigenvalue weighted by Gasteiger charge is 2.07. The minimum atomic E-state index is -2.82. The van der Waals surface area contributed by atoms with Crippen LogP contribution in [0.15, 0.2) is 54.6 Å². The second-order valence-corrected chi connectivity index (χ2v) is 5.36. The van der Waals surface area contributed by atoms with Gasteiger partial charge in [-0.05, 0) is 78.9 Å². The molecule has 0 fully saturated rings. The van der Waals surface area contributed by atoms with Gasteiger partial charge in [-0.3, -0.25) is 0 Å². The Kier molecular flexibility index (Phi) is 2.93. The van der Waals surface area contributed by atoms with Crippen LogP contribution in [0.25, 0.3) is 6.08 Å². The molecule has 0 radical (unpaired) electrons. The van der Waals surface area contributed by atoms with E-state index in [9.17, 15) is 0 Å². The van der Waals surface area contributed by atoms with Crippen LogP contribution in [0.2, 0.25) is 0 Å². The van der Waals surface area contributed by atoms with Gasteiger partial charge in [0.05, 0.1) is 23.2 Å². The van der Waals surface area contributed by atoms with Crippen LogP contribution in [0, 0.1) is 36.4 Å². The molecule has 0 aliphatic heterocycles. The minimum Gasteiger partial charge on any atom is -0.340 e. The lowest BCUT2D eigenvalue weighted by molar-refractivity contribution is 1.16. The number of nitrogens with zero attached hydrogens (tertiary/aromatic N) is 4. The number of anilines is 4. The van der Waals surface area contributed by atoms with Crippen LogP contribution < -0.4 is 10.6 Å². The average Bonchev–Trinajstić information content (AvgIpc) is 2.81. The molecule has 0 amide bonds. The topological polar surface area (TPSA) is 97.4 Å². The fourth-order valence-corrected chi connectivity index (χ4v) is 2.19. The first-order chi connectivity index (χ1) is 17.6. The van der Waals surface area contributed by atoms with Gasteiger partial charge in [-0.25, -0.2) is 4.98 Å². The van der Waals surface area contributed by atoms with E-state index in [-0.39, 0.29) is 40.5 Å². The Balaban J connectivity index is 2.19.